The van der Waals surface area contributed by atoms with Crippen LogP contribution in [-0.4, -0.2) is 41.3 Å². The molecule has 132 valence electrons. The molecule has 0 aliphatic heterocycles. The van der Waals surface area contributed by atoms with E-state index in [0.717, 1.165) is 61.9 Å². The van der Waals surface area contributed by atoms with Crippen LogP contribution in [-0.2, 0) is 6.42 Å². The van der Waals surface area contributed by atoms with Gasteiger partial charge in [-0.25, -0.2) is 4.98 Å². The Kier molecular flexibility index (Phi) is 9.38. The fourth-order valence-corrected chi connectivity index (χ4v) is 3.42. The van der Waals surface area contributed by atoms with Gasteiger partial charge in [-0.1, -0.05) is 19.3 Å². The number of guanidine groups is 1. The van der Waals surface area contributed by atoms with Gasteiger partial charge in [-0.15, -0.1) is 35.3 Å². The van der Waals surface area contributed by atoms with Crippen LogP contribution in [0.2, 0.25) is 0 Å². The summed E-state index contributed by atoms with van der Waals surface area (Å²) >= 11 is 1.68. The van der Waals surface area contributed by atoms with Gasteiger partial charge in [0.15, 0.2) is 5.96 Å². The average molecular weight is 452 g/mol. The zero-order chi connectivity index (χ0) is 15.8. The van der Waals surface area contributed by atoms with Crippen molar-refractivity contribution in [1.82, 2.24) is 15.6 Å². The molecule has 7 heteroatoms. The molecule has 1 heterocycles. The lowest BCUT2D eigenvalue weighted by Gasteiger charge is -2.30. The lowest BCUT2D eigenvalue weighted by molar-refractivity contribution is 0.0131. The number of nitrogens with one attached hydrogen (secondary N) is 2. The molecule has 3 N–H and O–H groups in total. The normalized spacial score (nSPS) is 17.4. The molecule has 0 bridgehead atoms. The highest BCUT2D eigenvalue weighted by atomic mass is 127. The molecule has 1 aromatic rings. The van der Waals surface area contributed by atoms with Gasteiger partial charge in [-0.2, -0.15) is 0 Å². The Morgan fingerprint density at radius 2 is 2.09 bits per heavy atom. The first-order valence-corrected chi connectivity index (χ1v) is 9.15. The van der Waals surface area contributed by atoms with Crippen LogP contribution < -0.4 is 10.6 Å². The summed E-state index contributed by atoms with van der Waals surface area (Å²) in [6.07, 6.45) is 6.08. The summed E-state index contributed by atoms with van der Waals surface area (Å²) in [5.74, 6) is 0.786. The Bertz CT molecular complexity index is 486. The quantitative estimate of drug-likeness (QED) is 0.353. The summed E-state index contributed by atoms with van der Waals surface area (Å²) in [5.41, 5.74) is 0.517. The summed E-state index contributed by atoms with van der Waals surface area (Å²) in [4.78, 5) is 9.03. The van der Waals surface area contributed by atoms with Crippen LogP contribution in [0.3, 0.4) is 0 Å². The van der Waals surface area contributed by atoms with E-state index in [9.17, 15) is 5.11 Å². The lowest BCUT2D eigenvalue weighted by Crippen LogP contribution is -2.41. The molecule has 0 unspecified atom stereocenters. The topological polar surface area (TPSA) is 69.5 Å². The van der Waals surface area contributed by atoms with E-state index in [1.165, 1.54) is 6.42 Å². The maximum atomic E-state index is 10.5. The van der Waals surface area contributed by atoms with Crippen molar-refractivity contribution in [3.63, 3.8) is 0 Å². The van der Waals surface area contributed by atoms with E-state index in [4.69, 9.17) is 0 Å². The van der Waals surface area contributed by atoms with Gasteiger partial charge in [0, 0.05) is 24.9 Å². The number of nitrogens with zero attached hydrogens (tertiary/aromatic N) is 2. The lowest BCUT2D eigenvalue weighted by atomic mass is 9.85. The highest BCUT2D eigenvalue weighted by Gasteiger charge is 2.28. The largest absolute Gasteiger partial charge is 0.388 e. The SMILES string of the molecule is CCNC(=NCC1(O)CCCCC1)NCCc1csc(C)n1.I. The second-order valence-electron chi connectivity index (χ2n) is 6.01. The van der Waals surface area contributed by atoms with E-state index >= 15 is 0 Å². The second-order valence-corrected chi connectivity index (χ2v) is 7.08. The smallest absolute Gasteiger partial charge is 0.191 e. The summed E-state index contributed by atoms with van der Waals surface area (Å²) in [6, 6.07) is 0. The van der Waals surface area contributed by atoms with Gasteiger partial charge in [-0.05, 0) is 26.7 Å². The van der Waals surface area contributed by atoms with Crippen molar-refractivity contribution in [2.75, 3.05) is 19.6 Å². The minimum absolute atomic E-state index is 0. The molecule has 0 spiro atoms. The molecule has 1 fully saturated rings. The van der Waals surface area contributed by atoms with Crippen LogP contribution in [0, 0.1) is 6.92 Å². The molecule has 1 aromatic heterocycles. The van der Waals surface area contributed by atoms with E-state index in [1.54, 1.807) is 11.3 Å². The molecule has 1 aliphatic rings. The van der Waals surface area contributed by atoms with Crippen molar-refractivity contribution in [3.8, 4) is 0 Å². The van der Waals surface area contributed by atoms with Crippen molar-refractivity contribution >= 4 is 41.3 Å². The summed E-state index contributed by atoms with van der Waals surface area (Å²) in [5, 5.41) is 20.3. The number of rotatable bonds is 6. The highest BCUT2D eigenvalue weighted by molar-refractivity contribution is 14.0. The zero-order valence-electron chi connectivity index (χ0n) is 14.1. The van der Waals surface area contributed by atoms with Crippen LogP contribution in [0.5, 0.6) is 0 Å². The summed E-state index contributed by atoms with van der Waals surface area (Å²) in [7, 11) is 0. The Labute approximate surface area is 160 Å². The fourth-order valence-electron chi connectivity index (χ4n) is 2.77. The van der Waals surface area contributed by atoms with Crippen LogP contribution in [0.25, 0.3) is 0 Å². The van der Waals surface area contributed by atoms with Crippen molar-refractivity contribution in [1.29, 1.82) is 0 Å². The molecule has 1 saturated carbocycles. The van der Waals surface area contributed by atoms with Crippen molar-refractivity contribution in [2.24, 2.45) is 4.99 Å². The number of aryl methyl sites for hydroxylation is 1. The van der Waals surface area contributed by atoms with Crippen LogP contribution in [0.15, 0.2) is 10.4 Å². The first kappa shape index (κ1) is 20.6. The molecule has 0 atom stereocenters. The monoisotopic (exact) mass is 452 g/mol. The third-order valence-electron chi connectivity index (χ3n) is 4.00. The van der Waals surface area contributed by atoms with E-state index in [1.807, 2.05) is 6.92 Å². The number of aromatic nitrogens is 1. The van der Waals surface area contributed by atoms with Gasteiger partial charge in [0.2, 0.25) is 0 Å². The van der Waals surface area contributed by atoms with Gasteiger partial charge >= 0.3 is 0 Å². The predicted octanol–water partition coefficient (Wildman–Crippen LogP) is 2.86. The first-order valence-electron chi connectivity index (χ1n) is 8.27. The van der Waals surface area contributed by atoms with E-state index < -0.39 is 5.60 Å². The molecule has 1 aliphatic carbocycles. The molecule has 0 saturated heterocycles. The Hall–Kier alpha value is -0.410. The van der Waals surface area contributed by atoms with Gasteiger partial charge in [0.05, 0.1) is 22.8 Å². The van der Waals surface area contributed by atoms with Crippen molar-refractivity contribution in [3.05, 3.63) is 16.1 Å². The Morgan fingerprint density at radius 3 is 2.70 bits per heavy atom. The summed E-state index contributed by atoms with van der Waals surface area (Å²) in [6.45, 7) is 6.18. The molecule has 5 nitrogen and oxygen atoms in total. The van der Waals surface area contributed by atoms with E-state index in [-0.39, 0.29) is 24.0 Å². The van der Waals surface area contributed by atoms with E-state index in [2.05, 4.69) is 32.9 Å². The average Bonchev–Trinajstić information content (AvgIpc) is 2.91. The minimum atomic E-state index is -0.605. The molecule has 2 rings (SSSR count). The maximum absolute atomic E-state index is 10.5. The Morgan fingerprint density at radius 1 is 1.35 bits per heavy atom. The van der Waals surface area contributed by atoms with Crippen molar-refractivity contribution < 1.29 is 5.11 Å². The fraction of sp³-hybridized carbons (Fsp3) is 0.750. The standard InChI is InChI=1S/C16H28N4OS.HI/c1-3-17-15(18-10-7-14-11-22-13(2)20-14)19-12-16(21)8-5-4-6-9-16;/h11,21H,3-10,12H2,1-2H3,(H2,17,18,19);1H. The van der Waals surface area contributed by atoms with Crippen molar-refractivity contribution in [2.45, 2.75) is 58.0 Å². The minimum Gasteiger partial charge on any atom is -0.388 e. The maximum Gasteiger partial charge on any atom is 0.191 e. The number of hydrogen-bond donors (Lipinski definition) is 3. The number of halogens is 1. The summed E-state index contributed by atoms with van der Waals surface area (Å²) < 4.78 is 0. The third kappa shape index (κ3) is 7.34. The van der Waals surface area contributed by atoms with Gasteiger partial charge in [0.25, 0.3) is 0 Å². The molecule has 0 amide bonds. The predicted molar refractivity (Wildman–Crippen MR) is 108 cm³/mol. The molecular weight excluding hydrogens is 423 g/mol. The van der Waals surface area contributed by atoms with Gasteiger partial charge in [-0.3, -0.25) is 4.99 Å². The first-order chi connectivity index (χ1) is 10.6. The number of thiazole rings is 1. The number of aliphatic hydroxyl groups is 1. The van der Waals surface area contributed by atoms with Crippen LogP contribution in [0.4, 0.5) is 0 Å². The Balaban J connectivity index is 0.00000264. The van der Waals surface area contributed by atoms with Crippen LogP contribution >= 0.6 is 35.3 Å². The second kappa shape index (κ2) is 10.5. The highest BCUT2D eigenvalue weighted by Crippen LogP contribution is 2.28. The number of aliphatic imine (C=N–C) groups is 1. The van der Waals surface area contributed by atoms with Crippen LogP contribution in [0.1, 0.15) is 49.7 Å². The van der Waals surface area contributed by atoms with Gasteiger partial charge < -0.3 is 15.7 Å². The molecular formula is C16H29IN4OS. The molecule has 0 radical (unpaired) electrons. The third-order valence-corrected chi connectivity index (χ3v) is 4.82. The molecule has 0 aromatic carbocycles. The zero-order valence-corrected chi connectivity index (χ0v) is 17.2. The number of hydrogen-bond acceptors (Lipinski definition) is 4. The van der Waals surface area contributed by atoms with E-state index in [0.29, 0.717) is 6.54 Å². The molecule has 23 heavy (non-hydrogen) atoms. The van der Waals surface area contributed by atoms with Gasteiger partial charge in [0.1, 0.15) is 0 Å².